The molecule has 1 saturated heterocycles. The highest BCUT2D eigenvalue weighted by Crippen LogP contribution is 2.18. The molecule has 0 aliphatic carbocycles. The predicted octanol–water partition coefficient (Wildman–Crippen LogP) is 2.82. The summed E-state index contributed by atoms with van der Waals surface area (Å²) >= 11 is 0. The van der Waals surface area contributed by atoms with Crippen LogP contribution in [0.4, 0.5) is 10.5 Å². The van der Waals surface area contributed by atoms with Crippen LogP contribution >= 0.6 is 0 Å². The Morgan fingerprint density at radius 1 is 1.07 bits per heavy atom. The zero-order chi connectivity index (χ0) is 19.1. The van der Waals surface area contributed by atoms with E-state index in [9.17, 15) is 9.59 Å². The molecule has 142 valence electrons. The highest BCUT2D eigenvalue weighted by atomic mass is 16.2. The maximum Gasteiger partial charge on any atom is 0.316 e. The van der Waals surface area contributed by atoms with Gasteiger partial charge in [0.05, 0.1) is 0 Å². The van der Waals surface area contributed by atoms with Gasteiger partial charge in [0.15, 0.2) is 0 Å². The number of nitrogens with one attached hydrogen (secondary N) is 2. The van der Waals surface area contributed by atoms with E-state index in [1.54, 1.807) is 24.3 Å². The molecule has 6 nitrogen and oxygen atoms in total. The molecule has 4 N–H and O–H groups in total. The van der Waals surface area contributed by atoms with E-state index in [0.29, 0.717) is 23.7 Å². The number of anilines is 1. The Morgan fingerprint density at radius 2 is 1.81 bits per heavy atom. The van der Waals surface area contributed by atoms with Gasteiger partial charge in [0, 0.05) is 30.9 Å². The van der Waals surface area contributed by atoms with Crippen LogP contribution in [0.2, 0.25) is 0 Å². The smallest absolute Gasteiger partial charge is 0.316 e. The lowest BCUT2D eigenvalue weighted by molar-refractivity contribution is 0.0930. The van der Waals surface area contributed by atoms with E-state index < -0.39 is 6.03 Å². The van der Waals surface area contributed by atoms with Crippen LogP contribution in [-0.2, 0) is 6.54 Å². The van der Waals surface area contributed by atoms with Crippen molar-refractivity contribution < 1.29 is 9.59 Å². The maximum atomic E-state index is 12.4. The second-order valence-electron chi connectivity index (χ2n) is 7.01. The van der Waals surface area contributed by atoms with E-state index in [4.69, 9.17) is 5.73 Å². The number of likely N-dealkylation sites (tertiary alicyclic amines) is 1. The summed E-state index contributed by atoms with van der Waals surface area (Å²) < 4.78 is 0. The number of primary amides is 1. The Bertz CT molecular complexity index is 762. The number of nitrogens with zero attached hydrogens (tertiary/aromatic N) is 1. The van der Waals surface area contributed by atoms with Crippen LogP contribution in [0.15, 0.2) is 54.6 Å². The largest absolute Gasteiger partial charge is 0.352 e. The zero-order valence-electron chi connectivity index (χ0n) is 15.4. The van der Waals surface area contributed by atoms with E-state index in [1.165, 1.54) is 5.56 Å². The number of nitrogens with two attached hydrogens (primary N) is 1. The fourth-order valence-electron chi connectivity index (χ4n) is 3.49. The van der Waals surface area contributed by atoms with Gasteiger partial charge in [-0.1, -0.05) is 30.3 Å². The lowest BCUT2D eigenvalue weighted by Crippen LogP contribution is -2.40. The van der Waals surface area contributed by atoms with Crippen LogP contribution in [0, 0.1) is 5.92 Å². The molecule has 3 amide bonds. The summed E-state index contributed by atoms with van der Waals surface area (Å²) in [5, 5.41) is 5.52. The summed E-state index contributed by atoms with van der Waals surface area (Å²) in [4.78, 5) is 25.6. The van der Waals surface area contributed by atoms with Gasteiger partial charge in [0.2, 0.25) is 0 Å². The molecule has 1 fully saturated rings. The molecule has 1 aliphatic heterocycles. The first-order chi connectivity index (χ1) is 13.1. The van der Waals surface area contributed by atoms with Gasteiger partial charge in [-0.3, -0.25) is 9.69 Å². The normalized spacial score (nSPS) is 17.3. The standard InChI is InChI=1S/C21H26N4O2/c22-21(27)24-19-10-8-18(9-11-19)20(26)23-13-17-7-4-12-25(15-17)14-16-5-2-1-3-6-16/h1-3,5-6,8-11,17H,4,7,12-15H2,(H,23,26)(H3,22,24,27). The number of carbonyl (C=O) groups is 2. The first-order valence-electron chi connectivity index (χ1n) is 9.31. The zero-order valence-corrected chi connectivity index (χ0v) is 15.4. The molecule has 0 spiro atoms. The van der Waals surface area contributed by atoms with Gasteiger partial charge in [0.1, 0.15) is 0 Å². The van der Waals surface area contributed by atoms with Crippen molar-refractivity contribution in [3.8, 4) is 0 Å². The maximum absolute atomic E-state index is 12.4. The first-order valence-corrected chi connectivity index (χ1v) is 9.31. The van der Waals surface area contributed by atoms with E-state index in [0.717, 1.165) is 32.5 Å². The fraction of sp³-hybridized carbons (Fsp3) is 0.333. The Kier molecular flexibility index (Phi) is 6.44. The fourth-order valence-corrected chi connectivity index (χ4v) is 3.49. The number of rotatable bonds is 6. The summed E-state index contributed by atoms with van der Waals surface area (Å²) in [6.07, 6.45) is 2.29. The van der Waals surface area contributed by atoms with Crippen molar-refractivity contribution in [1.82, 2.24) is 10.2 Å². The second kappa shape index (κ2) is 9.19. The van der Waals surface area contributed by atoms with Gasteiger partial charge in [-0.25, -0.2) is 4.79 Å². The average molecular weight is 366 g/mol. The topological polar surface area (TPSA) is 87.5 Å². The van der Waals surface area contributed by atoms with Crippen LogP contribution in [0.3, 0.4) is 0 Å². The quantitative estimate of drug-likeness (QED) is 0.735. The summed E-state index contributed by atoms with van der Waals surface area (Å²) in [7, 11) is 0. The average Bonchev–Trinajstić information content (AvgIpc) is 2.67. The Balaban J connectivity index is 1.47. The summed E-state index contributed by atoms with van der Waals surface area (Å²) in [5.74, 6) is 0.364. The van der Waals surface area contributed by atoms with Crippen molar-refractivity contribution in [2.45, 2.75) is 19.4 Å². The van der Waals surface area contributed by atoms with Crippen LogP contribution in [0.25, 0.3) is 0 Å². The molecule has 0 saturated carbocycles. The Hall–Kier alpha value is -2.86. The SMILES string of the molecule is NC(=O)Nc1ccc(C(=O)NCC2CCCN(Cc3ccccc3)C2)cc1. The monoisotopic (exact) mass is 366 g/mol. The molecule has 1 aliphatic rings. The summed E-state index contributed by atoms with van der Waals surface area (Å²) in [6.45, 7) is 3.73. The lowest BCUT2D eigenvalue weighted by atomic mass is 9.97. The molecule has 1 atom stereocenters. The highest BCUT2D eigenvalue weighted by Gasteiger charge is 2.20. The molecule has 6 heteroatoms. The molecule has 3 rings (SSSR count). The Labute approximate surface area is 159 Å². The number of hydrogen-bond acceptors (Lipinski definition) is 3. The first kappa shape index (κ1) is 18.9. The van der Waals surface area contributed by atoms with Crippen LogP contribution in [0.1, 0.15) is 28.8 Å². The molecular formula is C21H26N4O2. The van der Waals surface area contributed by atoms with Crippen molar-refractivity contribution in [3.05, 3.63) is 65.7 Å². The van der Waals surface area contributed by atoms with Crippen LogP contribution < -0.4 is 16.4 Å². The molecule has 0 aromatic heterocycles. The predicted molar refractivity (Wildman–Crippen MR) is 106 cm³/mol. The third-order valence-electron chi connectivity index (χ3n) is 4.82. The van der Waals surface area contributed by atoms with Gasteiger partial charge in [0.25, 0.3) is 5.91 Å². The lowest BCUT2D eigenvalue weighted by Gasteiger charge is -2.32. The molecular weight excluding hydrogens is 340 g/mol. The molecule has 27 heavy (non-hydrogen) atoms. The molecule has 0 bridgehead atoms. The molecule has 2 aromatic carbocycles. The van der Waals surface area contributed by atoms with Crippen LogP contribution in [-0.4, -0.2) is 36.5 Å². The van der Waals surface area contributed by atoms with E-state index in [2.05, 4.69) is 39.8 Å². The van der Waals surface area contributed by atoms with Gasteiger partial charge >= 0.3 is 6.03 Å². The van der Waals surface area contributed by atoms with Crippen molar-refractivity contribution in [2.24, 2.45) is 11.7 Å². The minimum Gasteiger partial charge on any atom is -0.352 e. The molecule has 2 aromatic rings. The van der Waals surface area contributed by atoms with E-state index in [1.807, 2.05) is 6.07 Å². The highest BCUT2D eigenvalue weighted by molar-refractivity contribution is 5.95. The number of urea groups is 1. The number of amides is 3. The molecule has 1 unspecified atom stereocenters. The Morgan fingerprint density at radius 3 is 2.52 bits per heavy atom. The van der Waals surface area contributed by atoms with Crippen molar-refractivity contribution in [3.63, 3.8) is 0 Å². The van der Waals surface area contributed by atoms with Crippen molar-refractivity contribution in [1.29, 1.82) is 0 Å². The summed E-state index contributed by atoms with van der Waals surface area (Å²) in [6, 6.07) is 16.6. The number of benzene rings is 2. The van der Waals surface area contributed by atoms with Crippen molar-refractivity contribution >= 4 is 17.6 Å². The minimum absolute atomic E-state index is 0.0965. The van der Waals surface area contributed by atoms with Crippen molar-refractivity contribution in [2.75, 3.05) is 25.0 Å². The minimum atomic E-state index is -0.621. The van der Waals surface area contributed by atoms with Gasteiger partial charge in [-0.05, 0) is 55.1 Å². The number of piperidine rings is 1. The van der Waals surface area contributed by atoms with Gasteiger partial charge < -0.3 is 16.4 Å². The number of carbonyl (C=O) groups excluding carboxylic acids is 2. The number of hydrogen-bond donors (Lipinski definition) is 3. The van der Waals surface area contributed by atoms with E-state index in [-0.39, 0.29) is 5.91 Å². The van der Waals surface area contributed by atoms with Gasteiger partial charge in [-0.2, -0.15) is 0 Å². The van der Waals surface area contributed by atoms with Crippen LogP contribution in [0.5, 0.6) is 0 Å². The van der Waals surface area contributed by atoms with E-state index >= 15 is 0 Å². The molecule has 0 radical (unpaired) electrons. The third-order valence-corrected chi connectivity index (χ3v) is 4.82. The molecule has 1 heterocycles. The summed E-state index contributed by atoms with van der Waals surface area (Å²) in [5.41, 5.74) is 7.55. The third kappa shape index (κ3) is 5.82. The second-order valence-corrected chi connectivity index (χ2v) is 7.01. The van der Waals surface area contributed by atoms with Gasteiger partial charge in [-0.15, -0.1) is 0 Å².